The molecule has 190 valence electrons. The van der Waals surface area contributed by atoms with Gasteiger partial charge in [-0.3, -0.25) is 0 Å². The number of unbranched alkanes of at least 4 members (excludes halogenated alkanes) is 5. The van der Waals surface area contributed by atoms with Crippen LogP contribution >= 0.6 is 11.3 Å². The van der Waals surface area contributed by atoms with Gasteiger partial charge >= 0.3 is 5.97 Å². The summed E-state index contributed by atoms with van der Waals surface area (Å²) in [5.74, 6) is 0.385. The molecule has 2 aromatic rings. The van der Waals surface area contributed by atoms with Crippen LogP contribution in [0.1, 0.15) is 93.4 Å². The summed E-state index contributed by atoms with van der Waals surface area (Å²) >= 11 is 1.41. The van der Waals surface area contributed by atoms with Gasteiger partial charge in [0.2, 0.25) is 0 Å². The Balaban J connectivity index is 2.01. The predicted molar refractivity (Wildman–Crippen MR) is 143 cm³/mol. The zero-order chi connectivity index (χ0) is 25.2. The van der Waals surface area contributed by atoms with Crippen molar-refractivity contribution in [1.29, 1.82) is 0 Å². The molecule has 34 heavy (non-hydrogen) atoms. The Labute approximate surface area is 211 Å². The lowest BCUT2D eigenvalue weighted by molar-refractivity contribution is 0.0593. The Bertz CT molecular complexity index is 874. The molecule has 7 heteroatoms. The summed E-state index contributed by atoms with van der Waals surface area (Å²) in [6.07, 6.45) is 8.62. The zero-order valence-electron chi connectivity index (χ0n) is 22.1. The molecule has 0 radical (unpaired) electrons. The number of rotatable bonds is 14. The number of thiazole rings is 1. The third-order valence-electron chi connectivity index (χ3n) is 6.58. The summed E-state index contributed by atoms with van der Waals surface area (Å²) in [7, 11) is -0.716. The van der Waals surface area contributed by atoms with Crippen molar-refractivity contribution in [3.63, 3.8) is 0 Å². The van der Waals surface area contributed by atoms with Crippen LogP contribution in [-0.4, -0.2) is 33.0 Å². The predicted octanol–water partition coefficient (Wildman–Crippen LogP) is 7.97. The number of hydrogen-bond donors (Lipinski definition) is 0. The van der Waals surface area contributed by atoms with Crippen LogP contribution in [0.4, 0.5) is 0 Å². The molecule has 1 aromatic carbocycles. The van der Waals surface area contributed by atoms with E-state index in [-0.39, 0.29) is 11.1 Å². The van der Waals surface area contributed by atoms with Crippen molar-refractivity contribution in [2.75, 3.05) is 13.7 Å². The number of aryl methyl sites for hydroxylation is 1. The lowest BCUT2D eigenvalue weighted by atomic mass is 10.0. The number of ether oxygens (including phenoxy) is 2. The molecule has 1 unspecified atom stereocenters. The summed E-state index contributed by atoms with van der Waals surface area (Å²) in [6.45, 7) is 13.7. The second-order valence-electron chi connectivity index (χ2n) is 10.4. The summed E-state index contributed by atoms with van der Waals surface area (Å²) in [4.78, 5) is 16.4. The van der Waals surface area contributed by atoms with Crippen LogP contribution in [0.25, 0.3) is 0 Å². The van der Waals surface area contributed by atoms with Crippen LogP contribution in [0, 0.1) is 0 Å². The van der Waals surface area contributed by atoms with Gasteiger partial charge in [0.15, 0.2) is 14.0 Å². The third-order valence-corrected chi connectivity index (χ3v) is 12.0. The van der Waals surface area contributed by atoms with Crippen molar-refractivity contribution in [2.24, 2.45) is 0 Å². The van der Waals surface area contributed by atoms with Crippen LogP contribution in [0.15, 0.2) is 29.6 Å². The summed E-state index contributed by atoms with van der Waals surface area (Å²) in [5.41, 5.74) is 1.66. The Kier molecular flexibility index (Phi) is 11.2. The van der Waals surface area contributed by atoms with E-state index >= 15 is 0 Å². The maximum absolute atomic E-state index is 11.9. The highest BCUT2D eigenvalue weighted by Gasteiger charge is 2.40. The lowest BCUT2D eigenvalue weighted by Gasteiger charge is -2.38. The molecule has 0 fully saturated rings. The van der Waals surface area contributed by atoms with Crippen molar-refractivity contribution in [3.8, 4) is 5.75 Å². The van der Waals surface area contributed by atoms with Crippen LogP contribution in [-0.2, 0) is 15.6 Å². The molecule has 0 aliphatic rings. The second-order valence-corrected chi connectivity index (χ2v) is 16.0. The van der Waals surface area contributed by atoms with Gasteiger partial charge in [-0.2, -0.15) is 0 Å². The summed E-state index contributed by atoms with van der Waals surface area (Å²) < 4.78 is 17.6. The van der Waals surface area contributed by atoms with Gasteiger partial charge in [-0.15, -0.1) is 11.3 Å². The Morgan fingerprint density at radius 3 is 2.32 bits per heavy atom. The minimum Gasteiger partial charge on any atom is -0.490 e. The molecule has 0 saturated heterocycles. The molecular formula is C27H43NO4SSi. The fraction of sp³-hybridized carbons (Fsp3) is 0.630. The SMILES string of the molecule is CCCCCCCCc1ccc(OCC(O[Si](C)(C)C(C)(C)C)c2nc(C(=O)OC)cs2)cc1. The van der Waals surface area contributed by atoms with Crippen molar-refractivity contribution in [3.05, 3.63) is 45.9 Å². The summed E-state index contributed by atoms with van der Waals surface area (Å²) in [5, 5.41) is 2.51. The minimum atomic E-state index is -2.08. The average Bonchev–Trinajstić information content (AvgIpc) is 3.28. The average molecular weight is 506 g/mol. The van der Waals surface area contributed by atoms with Gasteiger partial charge in [0.25, 0.3) is 0 Å². The first kappa shape index (κ1) is 28.5. The molecule has 0 aliphatic heterocycles. The Morgan fingerprint density at radius 2 is 1.71 bits per heavy atom. The molecule has 0 aliphatic carbocycles. The Morgan fingerprint density at radius 1 is 1.06 bits per heavy atom. The first-order chi connectivity index (χ1) is 16.1. The highest BCUT2D eigenvalue weighted by Crippen LogP contribution is 2.40. The highest BCUT2D eigenvalue weighted by atomic mass is 32.1. The van der Waals surface area contributed by atoms with Crippen LogP contribution in [0.5, 0.6) is 5.75 Å². The second kappa shape index (κ2) is 13.4. The monoisotopic (exact) mass is 505 g/mol. The standard InChI is InChI=1S/C27H43NO4SSi/c1-8-9-10-11-12-13-14-21-15-17-22(18-16-21)31-19-24(32-34(6,7)27(2,3)4)25-28-23(20-33-25)26(29)30-5/h15-18,20,24H,8-14,19H2,1-7H3. The Hall–Kier alpha value is -1.70. The number of benzene rings is 1. The molecule has 0 N–H and O–H groups in total. The maximum atomic E-state index is 11.9. The number of aromatic nitrogens is 1. The quantitative estimate of drug-likeness (QED) is 0.148. The largest absolute Gasteiger partial charge is 0.490 e. The first-order valence-electron chi connectivity index (χ1n) is 12.5. The van der Waals surface area contributed by atoms with Crippen LogP contribution in [0.2, 0.25) is 18.1 Å². The van der Waals surface area contributed by atoms with E-state index in [9.17, 15) is 4.79 Å². The topological polar surface area (TPSA) is 57.7 Å². The molecule has 0 saturated carbocycles. The molecular weight excluding hydrogens is 462 g/mol. The van der Waals surface area contributed by atoms with E-state index in [1.807, 2.05) is 12.1 Å². The van der Waals surface area contributed by atoms with Crippen molar-refractivity contribution >= 4 is 25.6 Å². The summed E-state index contributed by atoms with van der Waals surface area (Å²) in [6, 6.07) is 8.39. The zero-order valence-corrected chi connectivity index (χ0v) is 23.9. The number of carbonyl (C=O) groups excluding carboxylic acids is 1. The van der Waals surface area contributed by atoms with Gasteiger partial charge in [-0.05, 0) is 48.7 Å². The van der Waals surface area contributed by atoms with E-state index in [4.69, 9.17) is 13.9 Å². The van der Waals surface area contributed by atoms with Gasteiger partial charge in [-0.25, -0.2) is 9.78 Å². The van der Waals surface area contributed by atoms with E-state index in [0.717, 1.165) is 17.2 Å². The lowest BCUT2D eigenvalue weighted by Crippen LogP contribution is -2.42. The number of esters is 1. The van der Waals surface area contributed by atoms with E-state index in [1.165, 1.54) is 62.5 Å². The number of carbonyl (C=O) groups is 1. The molecule has 5 nitrogen and oxygen atoms in total. The van der Waals surface area contributed by atoms with Crippen molar-refractivity contribution in [2.45, 2.75) is 96.9 Å². The number of methoxy groups -OCH3 is 1. The maximum Gasteiger partial charge on any atom is 0.357 e. The first-order valence-corrected chi connectivity index (χ1v) is 16.3. The molecule has 0 bridgehead atoms. The van der Waals surface area contributed by atoms with Crippen molar-refractivity contribution in [1.82, 2.24) is 4.98 Å². The van der Waals surface area contributed by atoms with Gasteiger partial charge in [0.1, 0.15) is 23.5 Å². The molecule has 2 rings (SSSR count). The van der Waals surface area contributed by atoms with Gasteiger partial charge in [0.05, 0.1) is 7.11 Å². The fourth-order valence-electron chi connectivity index (χ4n) is 3.36. The van der Waals surface area contributed by atoms with Gasteiger partial charge < -0.3 is 13.9 Å². The number of hydrogen-bond acceptors (Lipinski definition) is 6. The third kappa shape index (κ3) is 8.82. The normalized spacial score (nSPS) is 13.0. The minimum absolute atomic E-state index is 0.0475. The fourth-order valence-corrected chi connectivity index (χ4v) is 5.49. The number of nitrogens with zero attached hydrogens (tertiary/aromatic N) is 1. The highest BCUT2D eigenvalue weighted by molar-refractivity contribution is 7.09. The molecule has 0 amide bonds. The molecule has 1 atom stereocenters. The molecule has 0 spiro atoms. The smallest absolute Gasteiger partial charge is 0.357 e. The molecule has 1 heterocycles. The van der Waals surface area contributed by atoms with E-state index in [1.54, 1.807) is 5.38 Å². The van der Waals surface area contributed by atoms with Crippen molar-refractivity contribution < 1.29 is 18.7 Å². The van der Waals surface area contributed by atoms with Gasteiger partial charge in [-0.1, -0.05) is 71.9 Å². The van der Waals surface area contributed by atoms with Gasteiger partial charge in [0, 0.05) is 5.38 Å². The van der Waals surface area contributed by atoms with Crippen LogP contribution in [0.3, 0.4) is 0 Å². The van der Waals surface area contributed by atoms with Crippen LogP contribution < -0.4 is 4.74 Å². The molecule has 1 aromatic heterocycles. The van der Waals surface area contributed by atoms with E-state index in [0.29, 0.717) is 12.3 Å². The van der Waals surface area contributed by atoms with E-state index < -0.39 is 14.3 Å². The van der Waals surface area contributed by atoms with E-state index in [2.05, 4.69) is 57.9 Å².